The van der Waals surface area contributed by atoms with E-state index in [9.17, 15) is 9.59 Å². The first-order valence-corrected chi connectivity index (χ1v) is 11.2. The summed E-state index contributed by atoms with van der Waals surface area (Å²) in [6.45, 7) is 1.73. The topological polar surface area (TPSA) is 79.1 Å². The molecule has 1 aromatic heterocycles. The van der Waals surface area contributed by atoms with Gasteiger partial charge in [0.25, 0.3) is 5.56 Å². The highest BCUT2D eigenvalue weighted by molar-refractivity contribution is 7.07. The third-order valence-corrected chi connectivity index (χ3v) is 6.55. The molecule has 1 atom stereocenters. The van der Waals surface area contributed by atoms with Crippen LogP contribution in [0.2, 0.25) is 5.02 Å². The molecule has 0 aliphatic carbocycles. The summed E-state index contributed by atoms with van der Waals surface area (Å²) in [7, 11) is 4.38. The van der Waals surface area contributed by atoms with Crippen molar-refractivity contribution in [1.82, 2.24) is 4.57 Å². The maximum absolute atomic E-state index is 13.5. The molecule has 0 saturated carbocycles. The first-order chi connectivity index (χ1) is 15.9. The molecular formula is C24H21ClN2O5S. The molecule has 0 N–H and O–H groups in total. The molecule has 1 aliphatic rings. The fourth-order valence-corrected chi connectivity index (χ4v) is 4.91. The van der Waals surface area contributed by atoms with Crippen LogP contribution in [0.4, 0.5) is 0 Å². The fourth-order valence-electron chi connectivity index (χ4n) is 3.74. The minimum absolute atomic E-state index is 0.262. The molecule has 170 valence electrons. The molecule has 0 saturated heterocycles. The maximum Gasteiger partial charge on any atom is 0.338 e. The summed E-state index contributed by atoms with van der Waals surface area (Å²) in [5, 5.41) is 0.611. The molecule has 2 heterocycles. The average molecular weight is 485 g/mol. The number of ether oxygens (including phenoxy) is 3. The average Bonchev–Trinajstić information content (AvgIpc) is 3.13. The summed E-state index contributed by atoms with van der Waals surface area (Å²) in [4.78, 5) is 31.3. The van der Waals surface area contributed by atoms with Crippen LogP contribution in [-0.2, 0) is 9.53 Å². The van der Waals surface area contributed by atoms with Crippen molar-refractivity contribution in [2.75, 3.05) is 21.3 Å². The Kier molecular flexibility index (Phi) is 6.40. The van der Waals surface area contributed by atoms with Gasteiger partial charge in [0.05, 0.1) is 43.2 Å². The zero-order chi connectivity index (χ0) is 23.7. The van der Waals surface area contributed by atoms with Crippen molar-refractivity contribution < 1.29 is 19.0 Å². The number of hydrogen-bond donors (Lipinski definition) is 0. The molecule has 33 heavy (non-hydrogen) atoms. The van der Waals surface area contributed by atoms with Crippen LogP contribution in [0.1, 0.15) is 24.1 Å². The van der Waals surface area contributed by atoms with Crippen molar-refractivity contribution in [3.05, 3.63) is 89.6 Å². The van der Waals surface area contributed by atoms with Crippen LogP contribution >= 0.6 is 22.9 Å². The molecule has 1 unspecified atom stereocenters. The van der Waals surface area contributed by atoms with Crippen LogP contribution in [-0.4, -0.2) is 31.9 Å². The Hall–Kier alpha value is -3.36. The number of nitrogens with zero attached hydrogens (tertiary/aromatic N) is 2. The van der Waals surface area contributed by atoms with E-state index >= 15 is 0 Å². The number of aromatic nitrogens is 1. The molecular weight excluding hydrogens is 464 g/mol. The third kappa shape index (κ3) is 4.19. The molecule has 3 aromatic rings. The van der Waals surface area contributed by atoms with Gasteiger partial charge in [-0.2, -0.15) is 0 Å². The van der Waals surface area contributed by atoms with E-state index in [2.05, 4.69) is 4.99 Å². The summed E-state index contributed by atoms with van der Waals surface area (Å²) < 4.78 is 17.8. The van der Waals surface area contributed by atoms with E-state index in [1.54, 1.807) is 50.4 Å². The fraction of sp³-hybridized carbons (Fsp3) is 0.208. The number of rotatable bonds is 5. The Morgan fingerprint density at radius 2 is 1.79 bits per heavy atom. The van der Waals surface area contributed by atoms with Crippen LogP contribution in [0.15, 0.2) is 63.5 Å². The van der Waals surface area contributed by atoms with E-state index < -0.39 is 12.0 Å². The van der Waals surface area contributed by atoms with Gasteiger partial charge < -0.3 is 14.2 Å². The number of allylic oxidation sites excluding steroid dienone is 1. The van der Waals surface area contributed by atoms with E-state index in [0.717, 1.165) is 5.56 Å². The molecule has 4 rings (SSSR count). The van der Waals surface area contributed by atoms with Gasteiger partial charge in [0.15, 0.2) is 16.3 Å². The highest BCUT2D eigenvalue weighted by Crippen LogP contribution is 2.35. The molecule has 1 aliphatic heterocycles. The monoisotopic (exact) mass is 484 g/mol. The van der Waals surface area contributed by atoms with Gasteiger partial charge >= 0.3 is 5.97 Å². The SMILES string of the molecule is COC(=O)C1=C(C)N=c2s/c(=C/c3ccc(Cl)cc3)c(=O)n2C1c1ccc(OC)c(OC)c1. The zero-order valence-corrected chi connectivity index (χ0v) is 20.0. The molecule has 0 fully saturated rings. The Morgan fingerprint density at radius 3 is 2.42 bits per heavy atom. The first kappa shape index (κ1) is 22.8. The van der Waals surface area contributed by atoms with Gasteiger partial charge in [-0.3, -0.25) is 9.36 Å². The molecule has 7 nitrogen and oxygen atoms in total. The lowest BCUT2D eigenvalue weighted by atomic mass is 9.95. The highest BCUT2D eigenvalue weighted by Gasteiger charge is 2.33. The molecule has 0 radical (unpaired) electrons. The summed E-state index contributed by atoms with van der Waals surface area (Å²) >= 11 is 7.23. The number of carbonyl (C=O) groups excluding carboxylic acids is 1. The second-order valence-electron chi connectivity index (χ2n) is 7.24. The lowest BCUT2D eigenvalue weighted by Crippen LogP contribution is -2.39. The van der Waals surface area contributed by atoms with E-state index in [0.29, 0.717) is 37.1 Å². The van der Waals surface area contributed by atoms with Crippen molar-refractivity contribution in [2.24, 2.45) is 4.99 Å². The first-order valence-electron chi connectivity index (χ1n) is 9.96. The minimum Gasteiger partial charge on any atom is -0.493 e. The third-order valence-electron chi connectivity index (χ3n) is 5.32. The lowest BCUT2D eigenvalue weighted by molar-refractivity contribution is -0.136. The normalized spacial score (nSPS) is 15.7. The van der Waals surface area contributed by atoms with Crippen molar-refractivity contribution in [3.63, 3.8) is 0 Å². The van der Waals surface area contributed by atoms with Crippen LogP contribution < -0.4 is 24.4 Å². The maximum atomic E-state index is 13.5. The van der Waals surface area contributed by atoms with Crippen LogP contribution in [0.5, 0.6) is 11.5 Å². The number of hydrogen-bond acceptors (Lipinski definition) is 7. The predicted molar refractivity (Wildman–Crippen MR) is 127 cm³/mol. The summed E-state index contributed by atoms with van der Waals surface area (Å²) in [6.07, 6.45) is 1.78. The van der Waals surface area contributed by atoms with Crippen molar-refractivity contribution >= 4 is 35.0 Å². The molecule has 0 bridgehead atoms. The van der Waals surface area contributed by atoms with Gasteiger partial charge in [-0.25, -0.2) is 9.79 Å². The predicted octanol–water partition coefficient (Wildman–Crippen LogP) is 3.08. The van der Waals surface area contributed by atoms with Gasteiger partial charge in [0.2, 0.25) is 0 Å². The van der Waals surface area contributed by atoms with E-state index in [1.807, 2.05) is 12.1 Å². The van der Waals surface area contributed by atoms with Crippen molar-refractivity contribution in [3.8, 4) is 11.5 Å². The number of thiazole rings is 1. The molecule has 9 heteroatoms. The smallest absolute Gasteiger partial charge is 0.338 e. The van der Waals surface area contributed by atoms with E-state index in [1.165, 1.54) is 30.1 Å². The van der Waals surface area contributed by atoms with E-state index in [4.69, 9.17) is 25.8 Å². The number of methoxy groups -OCH3 is 3. The van der Waals surface area contributed by atoms with Gasteiger partial charge in [0, 0.05) is 5.02 Å². The number of esters is 1. The zero-order valence-electron chi connectivity index (χ0n) is 18.4. The van der Waals surface area contributed by atoms with Crippen molar-refractivity contribution in [1.29, 1.82) is 0 Å². The van der Waals surface area contributed by atoms with Crippen LogP contribution in [0.3, 0.4) is 0 Å². The lowest BCUT2D eigenvalue weighted by Gasteiger charge is -2.25. The standard InChI is InChI=1S/C24H21ClN2O5S/c1-13-20(23(29)32-4)21(15-7-10-17(30-2)18(12-15)31-3)27-22(28)19(33-24(27)26-13)11-14-5-8-16(25)9-6-14/h5-12,21H,1-4H3/b19-11+. The molecule has 2 aromatic carbocycles. The largest absolute Gasteiger partial charge is 0.493 e. The second kappa shape index (κ2) is 9.25. The van der Waals surface area contributed by atoms with Gasteiger partial charge in [0.1, 0.15) is 0 Å². The van der Waals surface area contributed by atoms with Gasteiger partial charge in [-0.05, 0) is 48.4 Å². The Morgan fingerprint density at radius 1 is 1.09 bits per heavy atom. The van der Waals surface area contributed by atoms with E-state index in [-0.39, 0.29) is 11.1 Å². The van der Waals surface area contributed by atoms with Gasteiger partial charge in [-0.15, -0.1) is 0 Å². The Balaban J connectivity index is 1.97. The number of fused-ring (bicyclic) bond motifs is 1. The Labute approximate surface area is 198 Å². The second-order valence-corrected chi connectivity index (χ2v) is 8.68. The minimum atomic E-state index is -0.735. The number of benzene rings is 2. The number of carbonyl (C=O) groups is 1. The highest BCUT2D eigenvalue weighted by atomic mass is 35.5. The number of halogens is 1. The summed E-state index contributed by atoms with van der Waals surface area (Å²) in [5.41, 5.74) is 2.01. The van der Waals surface area contributed by atoms with Crippen LogP contribution in [0, 0.1) is 0 Å². The van der Waals surface area contributed by atoms with Crippen molar-refractivity contribution in [2.45, 2.75) is 13.0 Å². The Bertz CT molecular complexity index is 1440. The molecule has 0 spiro atoms. The summed E-state index contributed by atoms with van der Waals surface area (Å²) in [5.74, 6) is 0.469. The quantitative estimate of drug-likeness (QED) is 0.520. The van der Waals surface area contributed by atoms with Gasteiger partial charge in [-0.1, -0.05) is 41.1 Å². The summed E-state index contributed by atoms with van der Waals surface area (Å²) in [6, 6.07) is 11.7. The van der Waals surface area contributed by atoms with Crippen LogP contribution in [0.25, 0.3) is 6.08 Å². The molecule has 0 amide bonds.